The Morgan fingerprint density at radius 1 is 0.843 bits per heavy atom. The van der Waals surface area contributed by atoms with Gasteiger partial charge in [-0.1, -0.05) is 97.1 Å². The standard InChI is InChI=1S/C43H45N5O3/c1-45(23-24-51-2)43(50)41-30-46(29-40(41)39-14-8-12-36-11-6-7-13-38(36)39)28-37-26-44-31-48(37)27-33-19-21-47(22-20-33)42(49)25-32-15-17-35(18-16-32)34-9-4-3-5-10-34/h3-18,26,29-31,33H,19-25,27-28H2,1-2H3. The first-order valence-corrected chi connectivity index (χ1v) is 17.8. The maximum Gasteiger partial charge on any atom is 0.255 e. The molecular formula is C43H45N5O3. The molecule has 3 heterocycles. The van der Waals surface area contributed by atoms with Gasteiger partial charge in [0.2, 0.25) is 5.91 Å². The average Bonchev–Trinajstić information content (AvgIpc) is 3.80. The number of piperidine rings is 1. The van der Waals surface area contributed by atoms with Crippen molar-refractivity contribution in [2.75, 3.05) is 40.4 Å². The Bertz CT molecular complexity index is 2090. The van der Waals surface area contributed by atoms with Crippen molar-refractivity contribution in [3.63, 3.8) is 0 Å². The summed E-state index contributed by atoms with van der Waals surface area (Å²) in [6.45, 7) is 3.96. The number of amides is 2. The molecule has 8 heteroatoms. The fourth-order valence-electron chi connectivity index (χ4n) is 7.19. The van der Waals surface area contributed by atoms with Gasteiger partial charge in [0.05, 0.1) is 37.2 Å². The van der Waals surface area contributed by atoms with Crippen molar-refractivity contribution < 1.29 is 14.3 Å². The van der Waals surface area contributed by atoms with Crippen molar-refractivity contribution >= 4 is 22.6 Å². The summed E-state index contributed by atoms with van der Waals surface area (Å²) in [5.74, 6) is 0.611. The minimum atomic E-state index is -0.0345. The Balaban J connectivity index is 1.01. The van der Waals surface area contributed by atoms with E-state index in [4.69, 9.17) is 4.74 Å². The van der Waals surface area contributed by atoms with E-state index in [0.29, 0.717) is 37.6 Å². The van der Waals surface area contributed by atoms with E-state index in [-0.39, 0.29) is 11.8 Å². The minimum Gasteiger partial charge on any atom is -0.383 e. The number of benzene rings is 4. The quantitative estimate of drug-likeness (QED) is 0.135. The number of likely N-dealkylation sites (N-methyl/N-ethyl adjacent to an activating group) is 1. The van der Waals surface area contributed by atoms with E-state index >= 15 is 0 Å². The van der Waals surface area contributed by atoms with E-state index < -0.39 is 0 Å². The molecule has 2 aromatic heterocycles. The number of aromatic nitrogens is 3. The molecule has 0 unspecified atom stereocenters. The minimum absolute atomic E-state index is 0.0345. The van der Waals surface area contributed by atoms with Gasteiger partial charge in [0, 0.05) is 64.5 Å². The van der Waals surface area contributed by atoms with Gasteiger partial charge in [-0.25, -0.2) is 4.98 Å². The summed E-state index contributed by atoms with van der Waals surface area (Å²) >= 11 is 0. The number of ether oxygens (including phenoxy) is 1. The van der Waals surface area contributed by atoms with Gasteiger partial charge >= 0.3 is 0 Å². The second-order valence-electron chi connectivity index (χ2n) is 13.6. The molecule has 1 aliphatic rings. The van der Waals surface area contributed by atoms with Crippen LogP contribution in [0.4, 0.5) is 0 Å². The topological polar surface area (TPSA) is 72.6 Å². The van der Waals surface area contributed by atoms with Crippen LogP contribution < -0.4 is 0 Å². The van der Waals surface area contributed by atoms with Crippen LogP contribution >= 0.6 is 0 Å². The Morgan fingerprint density at radius 3 is 2.35 bits per heavy atom. The molecule has 1 saturated heterocycles. The average molecular weight is 680 g/mol. The summed E-state index contributed by atoms with van der Waals surface area (Å²) in [6.07, 6.45) is 10.2. The molecule has 0 N–H and O–H groups in total. The van der Waals surface area contributed by atoms with Crippen LogP contribution in [0.25, 0.3) is 33.0 Å². The van der Waals surface area contributed by atoms with Crippen molar-refractivity contribution in [2.24, 2.45) is 5.92 Å². The lowest BCUT2D eigenvalue weighted by Crippen LogP contribution is -2.40. The van der Waals surface area contributed by atoms with Crippen molar-refractivity contribution in [3.8, 4) is 22.3 Å². The second kappa shape index (κ2) is 15.6. The molecule has 260 valence electrons. The highest BCUT2D eigenvalue weighted by atomic mass is 16.5. The Labute approximate surface area is 299 Å². The maximum absolute atomic E-state index is 13.8. The predicted molar refractivity (Wildman–Crippen MR) is 202 cm³/mol. The molecule has 1 aliphatic heterocycles. The van der Waals surface area contributed by atoms with Crippen LogP contribution in [0.5, 0.6) is 0 Å². The first kappa shape index (κ1) is 34.0. The number of nitrogens with zero attached hydrogens (tertiary/aromatic N) is 5. The predicted octanol–water partition coefficient (Wildman–Crippen LogP) is 7.42. The lowest BCUT2D eigenvalue weighted by molar-refractivity contribution is -0.131. The number of hydrogen-bond donors (Lipinski definition) is 0. The summed E-state index contributed by atoms with van der Waals surface area (Å²) in [5.41, 5.74) is 7.08. The van der Waals surface area contributed by atoms with Gasteiger partial charge in [-0.2, -0.15) is 0 Å². The number of carbonyl (C=O) groups is 2. The van der Waals surface area contributed by atoms with E-state index in [1.165, 1.54) is 5.56 Å². The summed E-state index contributed by atoms with van der Waals surface area (Å²) in [7, 11) is 3.47. The molecule has 0 saturated carbocycles. The highest BCUT2D eigenvalue weighted by Crippen LogP contribution is 2.33. The third-order valence-corrected chi connectivity index (χ3v) is 10.1. The number of carbonyl (C=O) groups excluding carboxylic acids is 2. The van der Waals surface area contributed by atoms with E-state index in [1.54, 1.807) is 12.0 Å². The Morgan fingerprint density at radius 2 is 1.57 bits per heavy atom. The normalized spacial score (nSPS) is 13.5. The first-order valence-electron chi connectivity index (χ1n) is 17.8. The highest BCUT2D eigenvalue weighted by Gasteiger charge is 2.25. The fraction of sp³-hybridized carbons (Fsp3) is 0.279. The van der Waals surface area contributed by atoms with E-state index in [1.807, 2.05) is 61.0 Å². The van der Waals surface area contributed by atoms with Gasteiger partial charge in [-0.3, -0.25) is 9.59 Å². The number of rotatable bonds is 12. The maximum atomic E-state index is 13.8. The summed E-state index contributed by atoms with van der Waals surface area (Å²) in [6, 6.07) is 33.2. The summed E-state index contributed by atoms with van der Waals surface area (Å²) in [5, 5.41) is 2.25. The third-order valence-electron chi connectivity index (χ3n) is 10.1. The third kappa shape index (κ3) is 7.81. The molecule has 0 radical (unpaired) electrons. The van der Waals surface area contributed by atoms with E-state index in [0.717, 1.165) is 71.2 Å². The van der Waals surface area contributed by atoms with Crippen molar-refractivity contribution in [1.29, 1.82) is 0 Å². The van der Waals surface area contributed by atoms with Crippen LogP contribution in [0, 0.1) is 5.92 Å². The van der Waals surface area contributed by atoms with Crippen LogP contribution in [0.1, 0.15) is 34.5 Å². The van der Waals surface area contributed by atoms with Crippen LogP contribution in [-0.4, -0.2) is 76.1 Å². The Kier molecular flexibility index (Phi) is 10.4. The zero-order chi connectivity index (χ0) is 35.2. The monoisotopic (exact) mass is 679 g/mol. The smallest absolute Gasteiger partial charge is 0.255 e. The number of fused-ring (bicyclic) bond motifs is 1. The lowest BCUT2D eigenvalue weighted by atomic mass is 9.96. The number of methoxy groups -OCH3 is 1. The van der Waals surface area contributed by atoms with Crippen LogP contribution in [0.15, 0.2) is 122 Å². The molecule has 0 spiro atoms. The molecular weight excluding hydrogens is 635 g/mol. The van der Waals surface area contributed by atoms with Crippen LogP contribution in [-0.2, 0) is 29.0 Å². The van der Waals surface area contributed by atoms with Crippen molar-refractivity contribution in [1.82, 2.24) is 23.9 Å². The molecule has 8 nitrogen and oxygen atoms in total. The van der Waals surface area contributed by atoms with Crippen molar-refractivity contribution in [2.45, 2.75) is 32.4 Å². The zero-order valence-electron chi connectivity index (χ0n) is 29.4. The number of hydrogen-bond acceptors (Lipinski definition) is 4. The molecule has 0 aliphatic carbocycles. The molecule has 6 aromatic rings. The molecule has 4 aromatic carbocycles. The molecule has 0 bridgehead atoms. The number of imidazole rings is 1. The molecule has 2 amide bonds. The molecule has 0 atom stereocenters. The Hall–Kier alpha value is -5.47. The fourth-order valence-corrected chi connectivity index (χ4v) is 7.19. The SMILES string of the molecule is COCCN(C)C(=O)c1cn(Cc2cncn2CC2CCN(C(=O)Cc3ccc(-c4ccccc4)cc3)CC2)cc1-c1cccc2ccccc12. The van der Waals surface area contributed by atoms with E-state index in [2.05, 4.69) is 87.0 Å². The number of likely N-dealkylation sites (tertiary alicyclic amines) is 1. The van der Waals surface area contributed by atoms with Gasteiger partial charge in [-0.15, -0.1) is 0 Å². The lowest BCUT2D eigenvalue weighted by Gasteiger charge is -2.32. The van der Waals surface area contributed by atoms with Crippen molar-refractivity contribution in [3.05, 3.63) is 139 Å². The molecule has 51 heavy (non-hydrogen) atoms. The van der Waals surface area contributed by atoms with Crippen LogP contribution in [0.2, 0.25) is 0 Å². The first-order chi connectivity index (χ1) is 25.0. The van der Waals surface area contributed by atoms with Crippen LogP contribution in [0.3, 0.4) is 0 Å². The second-order valence-corrected chi connectivity index (χ2v) is 13.6. The summed E-state index contributed by atoms with van der Waals surface area (Å²) in [4.78, 5) is 35.3. The van der Waals surface area contributed by atoms with E-state index in [9.17, 15) is 9.59 Å². The van der Waals surface area contributed by atoms with Gasteiger partial charge in [-0.05, 0) is 51.8 Å². The molecule has 1 fully saturated rings. The van der Waals surface area contributed by atoms with Gasteiger partial charge in [0.1, 0.15) is 0 Å². The highest BCUT2D eigenvalue weighted by molar-refractivity contribution is 6.06. The zero-order valence-corrected chi connectivity index (χ0v) is 29.4. The molecule has 7 rings (SSSR count). The largest absolute Gasteiger partial charge is 0.383 e. The van der Waals surface area contributed by atoms with Gasteiger partial charge < -0.3 is 23.7 Å². The summed E-state index contributed by atoms with van der Waals surface area (Å²) < 4.78 is 9.59. The van der Waals surface area contributed by atoms with Gasteiger partial charge in [0.15, 0.2) is 0 Å². The van der Waals surface area contributed by atoms with Gasteiger partial charge in [0.25, 0.3) is 5.91 Å².